The van der Waals surface area contributed by atoms with Crippen LogP contribution in [0.25, 0.3) is 0 Å². The second-order valence-corrected chi connectivity index (χ2v) is 2.26. The SMILES string of the molecule is Cn1cc(C(=O)NCCO)nn1. The molecule has 0 aromatic carbocycles. The lowest BCUT2D eigenvalue weighted by Crippen LogP contribution is -2.26. The molecule has 1 amide bonds. The Balaban J connectivity index is 2.53. The normalized spacial score (nSPS) is 9.83. The summed E-state index contributed by atoms with van der Waals surface area (Å²) in [5.41, 5.74) is 0.256. The number of aryl methyl sites for hydroxylation is 1. The average Bonchev–Trinajstić information content (AvgIpc) is 2.47. The lowest BCUT2D eigenvalue weighted by molar-refractivity contribution is 0.0939. The van der Waals surface area contributed by atoms with Gasteiger partial charge in [-0.05, 0) is 0 Å². The third-order valence-corrected chi connectivity index (χ3v) is 1.23. The van der Waals surface area contributed by atoms with Gasteiger partial charge in [0, 0.05) is 13.6 Å². The first-order chi connectivity index (χ1) is 5.74. The van der Waals surface area contributed by atoms with E-state index in [1.54, 1.807) is 7.05 Å². The van der Waals surface area contributed by atoms with Gasteiger partial charge in [-0.3, -0.25) is 9.48 Å². The Morgan fingerprint density at radius 3 is 3.08 bits per heavy atom. The lowest BCUT2D eigenvalue weighted by atomic mass is 10.4. The van der Waals surface area contributed by atoms with Gasteiger partial charge < -0.3 is 10.4 Å². The molecule has 0 aliphatic rings. The Morgan fingerprint density at radius 2 is 2.58 bits per heavy atom. The van der Waals surface area contributed by atoms with Crippen molar-refractivity contribution in [3.05, 3.63) is 11.9 Å². The second kappa shape index (κ2) is 3.82. The smallest absolute Gasteiger partial charge is 0.273 e. The van der Waals surface area contributed by atoms with Gasteiger partial charge in [0.15, 0.2) is 5.69 Å². The number of aliphatic hydroxyl groups excluding tert-OH is 1. The number of hydrogen-bond donors (Lipinski definition) is 2. The van der Waals surface area contributed by atoms with E-state index in [1.807, 2.05) is 0 Å². The van der Waals surface area contributed by atoms with Crippen LogP contribution in [0.4, 0.5) is 0 Å². The summed E-state index contributed by atoms with van der Waals surface area (Å²) in [6.45, 7) is 0.154. The van der Waals surface area contributed by atoms with Gasteiger partial charge in [0.1, 0.15) is 0 Å². The fraction of sp³-hybridized carbons (Fsp3) is 0.500. The number of amides is 1. The van der Waals surface area contributed by atoms with Gasteiger partial charge in [0.05, 0.1) is 12.8 Å². The third-order valence-electron chi connectivity index (χ3n) is 1.23. The van der Waals surface area contributed by atoms with Crippen molar-refractivity contribution in [1.29, 1.82) is 0 Å². The van der Waals surface area contributed by atoms with Crippen molar-refractivity contribution in [2.24, 2.45) is 7.05 Å². The van der Waals surface area contributed by atoms with Gasteiger partial charge in [-0.15, -0.1) is 5.10 Å². The molecule has 0 radical (unpaired) electrons. The quantitative estimate of drug-likeness (QED) is 0.580. The van der Waals surface area contributed by atoms with Gasteiger partial charge in [-0.1, -0.05) is 5.21 Å². The summed E-state index contributed by atoms with van der Waals surface area (Å²) in [5, 5.41) is 18.0. The largest absolute Gasteiger partial charge is 0.395 e. The molecule has 1 heterocycles. The monoisotopic (exact) mass is 170 g/mol. The van der Waals surface area contributed by atoms with Crippen LogP contribution in [0.15, 0.2) is 6.20 Å². The Hall–Kier alpha value is -1.43. The maximum atomic E-state index is 11.1. The van der Waals surface area contributed by atoms with E-state index < -0.39 is 0 Å². The highest BCUT2D eigenvalue weighted by atomic mass is 16.3. The van der Waals surface area contributed by atoms with Gasteiger partial charge in [-0.25, -0.2) is 0 Å². The van der Waals surface area contributed by atoms with Crippen molar-refractivity contribution in [2.45, 2.75) is 0 Å². The molecule has 0 aliphatic carbocycles. The highest BCUT2D eigenvalue weighted by molar-refractivity contribution is 5.91. The number of rotatable bonds is 3. The summed E-state index contributed by atoms with van der Waals surface area (Å²) in [6.07, 6.45) is 1.51. The number of hydrogen-bond acceptors (Lipinski definition) is 4. The Labute approximate surface area is 69.2 Å². The van der Waals surface area contributed by atoms with Crippen LogP contribution in [-0.4, -0.2) is 39.2 Å². The number of nitrogens with zero attached hydrogens (tertiary/aromatic N) is 3. The molecule has 0 bridgehead atoms. The summed E-state index contributed by atoms with van der Waals surface area (Å²) in [5.74, 6) is -0.322. The van der Waals surface area contributed by atoms with Crippen molar-refractivity contribution in [3.63, 3.8) is 0 Å². The molecule has 66 valence electrons. The van der Waals surface area contributed by atoms with Gasteiger partial charge in [0.2, 0.25) is 0 Å². The molecule has 6 heteroatoms. The van der Waals surface area contributed by atoms with Crippen LogP contribution in [0.3, 0.4) is 0 Å². The van der Waals surface area contributed by atoms with Gasteiger partial charge in [-0.2, -0.15) is 0 Å². The molecule has 12 heavy (non-hydrogen) atoms. The molecule has 2 N–H and O–H groups in total. The van der Waals surface area contributed by atoms with E-state index in [2.05, 4.69) is 15.6 Å². The summed E-state index contributed by atoms with van der Waals surface area (Å²) < 4.78 is 1.44. The molecule has 0 saturated carbocycles. The van der Waals surface area contributed by atoms with E-state index in [4.69, 9.17) is 5.11 Å². The fourth-order valence-corrected chi connectivity index (χ4v) is 0.711. The van der Waals surface area contributed by atoms with Crippen LogP contribution in [0, 0.1) is 0 Å². The molecule has 0 unspecified atom stereocenters. The van der Waals surface area contributed by atoms with Crippen LogP contribution in [0.1, 0.15) is 10.5 Å². The molecule has 6 nitrogen and oxygen atoms in total. The minimum absolute atomic E-state index is 0.0774. The molecule has 0 atom stereocenters. The minimum Gasteiger partial charge on any atom is -0.395 e. The van der Waals surface area contributed by atoms with Crippen molar-refractivity contribution >= 4 is 5.91 Å². The zero-order valence-corrected chi connectivity index (χ0v) is 6.69. The number of nitrogens with one attached hydrogen (secondary N) is 1. The van der Waals surface area contributed by atoms with E-state index in [0.29, 0.717) is 0 Å². The van der Waals surface area contributed by atoms with Crippen molar-refractivity contribution < 1.29 is 9.90 Å². The highest BCUT2D eigenvalue weighted by Crippen LogP contribution is 1.89. The van der Waals surface area contributed by atoms with Crippen LogP contribution in [0.2, 0.25) is 0 Å². The molecular weight excluding hydrogens is 160 g/mol. The van der Waals surface area contributed by atoms with Crippen LogP contribution < -0.4 is 5.32 Å². The van der Waals surface area contributed by atoms with Crippen molar-refractivity contribution in [2.75, 3.05) is 13.2 Å². The summed E-state index contributed by atoms with van der Waals surface area (Å²) in [7, 11) is 1.68. The predicted octanol–water partition coefficient (Wildman–Crippen LogP) is -1.46. The lowest BCUT2D eigenvalue weighted by Gasteiger charge is -1.97. The molecule has 1 aromatic rings. The summed E-state index contributed by atoms with van der Waals surface area (Å²) >= 11 is 0. The molecule has 0 spiro atoms. The topological polar surface area (TPSA) is 80.0 Å². The summed E-state index contributed by atoms with van der Waals surface area (Å²) in [4.78, 5) is 11.1. The fourth-order valence-electron chi connectivity index (χ4n) is 0.711. The first-order valence-electron chi connectivity index (χ1n) is 3.49. The zero-order valence-electron chi connectivity index (χ0n) is 6.69. The van der Waals surface area contributed by atoms with Crippen LogP contribution in [-0.2, 0) is 7.05 Å². The Bertz CT molecular complexity index is 270. The molecule has 1 aromatic heterocycles. The number of aliphatic hydroxyl groups is 1. The first kappa shape index (κ1) is 8.66. The average molecular weight is 170 g/mol. The molecule has 1 rings (SSSR count). The standard InChI is InChI=1S/C6H10N4O2/c1-10-4-5(8-9-10)6(12)7-2-3-11/h4,11H,2-3H2,1H3,(H,7,12). The molecule has 0 fully saturated rings. The van der Waals surface area contributed by atoms with E-state index in [9.17, 15) is 4.79 Å². The molecular formula is C6H10N4O2. The first-order valence-corrected chi connectivity index (χ1v) is 3.49. The Kier molecular flexibility index (Phi) is 2.76. The zero-order chi connectivity index (χ0) is 8.97. The summed E-state index contributed by atoms with van der Waals surface area (Å²) in [6, 6.07) is 0. The van der Waals surface area contributed by atoms with E-state index >= 15 is 0 Å². The maximum Gasteiger partial charge on any atom is 0.273 e. The van der Waals surface area contributed by atoms with Crippen LogP contribution >= 0.6 is 0 Å². The number of aromatic nitrogens is 3. The predicted molar refractivity (Wildman–Crippen MR) is 40.4 cm³/mol. The molecule has 0 aliphatic heterocycles. The van der Waals surface area contributed by atoms with E-state index in [1.165, 1.54) is 10.9 Å². The second-order valence-electron chi connectivity index (χ2n) is 2.26. The van der Waals surface area contributed by atoms with Crippen molar-refractivity contribution in [1.82, 2.24) is 20.3 Å². The number of carbonyl (C=O) groups is 1. The minimum atomic E-state index is -0.322. The van der Waals surface area contributed by atoms with Gasteiger partial charge in [0.25, 0.3) is 5.91 Å². The van der Waals surface area contributed by atoms with Crippen molar-refractivity contribution in [3.8, 4) is 0 Å². The Morgan fingerprint density at radius 1 is 1.83 bits per heavy atom. The maximum absolute atomic E-state index is 11.1. The van der Waals surface area contributed by atoms with E-state index in [-0.39, 0.29) is 24.8 Å². The number of carbonyl (C=O) groups excluding carboxylic acids is 1. The third kappa shape index (κ3) is 2.03. The van der Waals surface area contributed by atoms with Crippen LogP contribution in [0.5, 0.6) is 0 Å². The highest BCUT2D eigenvalue weighted by Gasteiger charge is 2.07. The van der Waals surface area contributed by atoms with E-state index in [0.717, 1.165) is 0 Å². The van der Waals surface area contributed by atoms with Gasteiger partial charge >= 0.3 is 0 Å². The molecule has 0 saturated heterocycles.